The number of hydrogen-bond donors (Lipinski definition) is 2. The molecule has 45 heavy (non-hydrogen) atoms. The van der Waals surface area contributed by atoms with Crippen LogP contribution >= 0.6 is 11.6 Å². The number of nitrogens with zero attached hydrogens (tertiary/aromatic N) is 3. The lowest BCUT2D eigenvalue weighted by Gasteiger charge is -2.33. The molecule has 0 aliphatic carbocycles. The van der Waals surface area contributed by atoms with Gasteiger partial charge in [0.05, 0.1) is 20.9 Å². The fourth-order valence-electron chi connectivity index (χ4n) is 5.85. The Morgan fingerprint density at radius 1 is 0.978 bits per heavy atom. The number of anilines is 1. The topological polar surface area (TPSA) is 88.6 Å². The van der Waals surface area contributed by atoms with Crippen LogP contribution in [0.3, 0.4) is 0 Å². The molecule has 0 atom stereocenters. The maximum Gasteiger partial charge on any atom is 0.237 e. The molecule has 0 saturated carbocycles. The molecule has 2 N–H and O–H groups in total. The number of pyridine rings is 2. The Morgan fingerprint density at radius 3 is 2.38 bits per heavy atom. The van der Waals surface area contributed by atoms with E-state index in [1.807, 2.05) is 47.4 Å². The maximum absolute atomic E-state index is 12.6. The number of rotatable bonds is 12. The van der Waals surface area contributed by atoms with Crippen molar-refractivity contribution in [2.75, 3.05) is 45.8 Å². The van der Waals surface area contributed by atoms with E-state index in [9.17, 15) is 9.18 Å². The van der Waals surface area contributed by atoms with Crippen LogP contribution in [0.4, 0.5) is 10.1 Å². The van der Waals surface area contributed by atoms with Gasteiger partial charge in [0.1, 0.15) is 16.6 Å². The van der Waals surface area contributed by atoms with E-state index in [4.69, 9.17) is 21.1 Å². The monoisotopic (exact) mass is 631 g/mol. The zero-order valence-electron chi connectivity index (χ0n) is 25.9. The molecule has 1 fully saturated rings. The Morgan fingerprint density at radius 2 is 1.69 bits per heavy atom. The fourth-order valence-corrected chi connectivity index (χ4v) is 6.12. The molecule has 5 rings (SSSR count). The van der Waals surface area contributed by atoms with Crippen LogP contribution in [-0.4, -0.2) is 67.3 Å². The van der Waals surface area contributed by atoms with Gasteiger partial charge < -0.3 is 25.0 Å². The van der Waals surface area contributed by atoms with Crippen molar-refractivity contribution in [3.63, 3.8) is 0 Å². The highest BCUT2D eigenvalue weighted by atomic mass is 35.5. The number of nitrogens with one attached hydrogen (secondary N) is 2. The highest BCUT2D eigenvalue weighted by molar-refractivity contribution is 6.33. The Hall–Kier alpha value is -4.21. The van der Waals surface area contributed by atoms with E-state index < -0.39 is 0 Å². The summed E-state index contributed by atoms with van der Waals surface area (Å²) in [6.45, 7) is 3.83. The number of aromatic nitrogens is 2. The van der Waals surface area contributed by atoms with Gasteiger partial charge in [-0.2, -0.15) is 0 Å². The average Bonchev–Trinajstić information content (AvgIpc) is 3.07. The van der Waals surface area contributed by atoms with Crippen LogP contribution in [0.1, 0.15) is 31.7 Å². The van der Waals surface area contributed by atoms with E-state index in [1.54, 1.807) is 33.5 Å². The summed E-state index contributed by atoms with van der Waals surface area (Å²) in [7, 11) is 3.26. The van der Waals surface area contributed by atoms with Crippen LogP contribution in [0, 0.1) is 0 Å². The van der Waals surface area contributed by atoms with Gasteiger partial charge in [-0.15, -0.1) is 0 Å². The van der Waals surface area contributed by atoms with Crippen molar-refractivity contribution in [3.8, 4) is 45.0 Å². The summed E-state index contributed by atoms with van der Waals surface area (Å²) >= 11 is 6.84. The molecular weight excluding hydrogens is 593 g/mol. The van der Waals surface area contributed by atoms with E-state index in [2.05, 4.69) is 32.7 Å². The average molecular weight is 632 g/mol. The smallest absolute Gasteiger partial charge is 0.237 e. The lowest BCUT2D eigenvalue weighted by molar-refractivity contribution is -0.129. The van der Waals surface area contributed by atoms with Crippen molar-refractivity contribution < 1.29 is 18.7 Å². The molecule has 1 saturated heterocycles. The van der Waals surface area contributed by atoms with E-state index in [-0.39, 0.29) is 18.6 Å². The fraction of sp³-hybridized carbons (Fsp3) is 0.343. The van der Waals surface area contributed by atoms with Gasteiger partial charge in [0.2, 0.25) is 11.8 Å². The van der Waals surface area contributed by atoms with Crippen molar-refractivity contribution in [1.82, 2.24) is 20.2 Å². The van der Waals surface area contributed by atoms with Gasteiger partial charge in [0.15, 0.2) is 0 Å². The van der Waals surface area contributed by atoms with E-state index in [0.29, 0.717) is 49.4 Å². The molecule has 10 heteroatoms. The highest BCUT2D eigenvalue weighted by Crippen LogP contribution is 2.44. The van der Waals surface area contributed by atoms with Gasteiger partial charge in [-0.25, -0.2) is 9.97 Å². The van der Waals surface area contributed by atoms with Gasteiger partial charge in [-0.05, 0) is 66.3 Å². The summed E-state index contributed by atoms with van der Waals surface area (Å²) in [5.41, 5.74) is 7.23. The summed E-state index contributed by atoms with van der Waals surface area (Å²) < 4.78 is 24.0. The van der Waals surface area contributed by atoms with Crippen molar-refractivity contribution in [2.24, 2.45) is 0 Å². The van der Waals surface area contributed by atoms with E-state index in [1.165, 1.54) is 0 Å². The largest absolute Gasteiger partial charge is 0.496 e. The minimum absolute atomic E-state index is 0.103. The van der Waals surface area contributed by atoms with Crippen LogP contribution in [-0.2, 0) is 11.3 Å². The van der Waals surface area contributed by atoms with Crippen molar-refractivity contribution in [2.45, 2.75) is 38.8 Å². The molecule has 1 aliphatic rings. The number of alkyl halides is 1. The van der Waals surface area contributed by atoms with Gasteiger partial charge in [0.25, 0.3) is 0 Å². The molecule has 1 amide bonds. The minimum Gasteiger partial charge on any atom is -0.496 e. The van der Waals surface area contributed by atoms with E-state index in [0.717, 1.165) is 57.5 Å². The second kappa shape index (κ2) is 15.2. The van der Waals surface area contributed by atoms with Crippen LogP contribution in [0.25, 0.3) is 33.4 Å². The zero-order chi connectivity index (χ0) is 31.8. The molecule has 0 bridgehead atoms. The first-order valence-corrected chi connectivity index (χ1v) is 15.6. The molecule has 2 aromatic carbocycles. The van der Waals surface area contributed by atoms with Crippen LogP contribution in [0.5, 0.6) is 11.6 Å². The number of benzene rings is 2. The number of amides is 1. The number of carbonyl (C=O) groups is 1. The Balaban J connectivity index is 1.55. The van der Waals surface area contributed by atoms with Crippen molar-refractivity contribution in [1.29, 1.82) is 0 Å². The SMILES string of the molecule is COc1cc(-c2c(-c3ccccc3-c3ccnc(OC)c3NC3CCN(C(C)=O)CC3)ccnc2Cl)ccc1CNCCCF. The molecule has 2 aromatic heterocycles. The Kier molecular flexibility index (Phi) is 10.9. The van der Waals surface area contributed by atoms with Crippen LogP contribution in [0.15, 0.2) is 67.0 Å². The predicted octanol–water partition coefficient (Wildman–Crippen LogP) is 7.02. The Labute approximate surface area is 268 Å². The van der Waals surface area contributed by atoms with Gasteiger partial charge >= 0.3 is 0 Å². The van der Waals surface area contributed by atoms with E-state index >= 15 is 0 Å². The second-order valence-electron chi connectivity index (χ2n) is 11.0. The first-order valence-electron chi connectivity index (χ1n) is 15.2. The zero-order valence-corrected chi connectivity index (χ0v) is 26.7. The number of carbonyl (C=O) groups excluding carboxylic acids is 1. The molecule has 3 heterocycles. The molecule has 0 spiro atoms. The third kappa shape index (κ3) is 7.37. The minimum atomic E-state index is -0.350. The normalized spacial score (nSPS) is 13.5. The number of methoxy groups -OCH3 is 2. The number of halogens is 2. The molecule has 4 aromatic rings. The molecule has 8 nitrogen and oxygen atoms in total. The summed E-state index contributed by atoms with van der Waals surface area (Å²) in [5.74, 6) is 1.32. The summed E-state index contributed by atoms with van der Waals surface area (Å²) in [6, 6.07) is 18.3. The van der Waals surface area contributed by atoms with Gasteiger partial charge in [-0.3, -0.25) is 9.18 Å². The van der Waals surface area contributed by atoms with Crippen molar-refractivity contribution in [3.05, 3.63) is 77.7 Å². The number of ether oxygens (including phenoxy) is 2. The van der Waals surface area contributed by atoms with Crippen LogP contribution in [0.2, 0.25) is 5.15 Å². The number of likely N-dealkylation sites (tertiary alicyclic amines) is 1. The maximum atomic E-state index is 12.6. The third-order valence-corrected chi connectivity index (χ3v) is 8.48. The molecule has 0 radical (unpaired) electrons. The first-order chi connectivity index (χ1) is 21.9. The van der Waals surface area contributed by atoms with Crippen molar-refractivity contribution >= 4 is 23.2 Å². The molecule has 1 aliphatic heterocycles. The Bertz CT molecular complexity index is 1630. The molecular formula is C35H39ClFN5O3. The predicted molar refractivity (Wildman–Crippen MR) is 178 cm³/mol. The summed E-state index contributed by atoms with van der Waals surface area (Å²) in [4.78, 5) is 22.7. The van der Waals surface area contributed by atoms with Gasteiger partial charge in [0, 0.05) is 61.7 Å². The number of hydrogen-bond acceptors (Lipinski definition) is 7. The molecule has 0 unspecified atom stereocenters. The van der Waals surface area contributed by atoms with Crippen LogP contribution < -0.4 is 20.1 Å². The number of piperidine rings is 1. The summed E-state index contributed by atoms with van der Waals surface area (Å²) in [5, 5.41) is 7.34. The standard InChI is InChI=1S/C35H39ClFN5O3/c1-23(43)42-19-13-26(14-20-42)41-33-30(12-18-40-35(33)45-3)28-8-5-4-7-27(28)29-11-17-39-34(36)32(29)24-9-10-25(31(21-24)44-2)22-38-16-6-15-37/h4-5,7-12,17-18,21,26,38,41H,6,13-16,19-20,22H2,1-3H3. The third-order valence-electron chi connectivity index (χ3n) is 8.19. The highest BCUT2D eigenvalue weighted by Gasteiger charge is 2.25. The lowest BCUT2D eigenvalue weighted by atomic mass is 9.89. The molecule has 236 valence electrons. The second-order valence-corrected chi connectivity index (χ2v) is 11.3. The van der Waals surface area contributed by atoms with Gasteiger partial charge in [-0.1, -0.05) is 48.0 Å². The summed E-state index contributed by atoms with van der Waals surface area (Å²) in [6.07, 6.45) is 5.58. The lowest BCUT2D eigenvalue weighted by Crippen LogP contribution is -2.41. The quantitative estimate of drug-likeness (QED) is 0.128. The first kappa shape index (κ1) is 32.2.